The number of nitrogens with two attached hydrogens (primary N) is 1. The lowest BCUT2D eigenvalue weighted by Gasteiger charge is -2.43. The van der Waals surface area contributed by atoms with Crippen LogP contribution in [0, 0.1) is 11.7 Å². The van der Waals surface area contributed by atoms with Gasteiger partial charge in [0.25, 0.3) is 0 Å². The van der Waals surface area contributed by atoms with E-state index >= 15 is 0 Å². The second-order valence-corrected chi connectivity index (χ2v) is 6.59. The molecule has 4 heteroatoms. The Labute approximate surface area is 142 Å². The van der Waals surface area contributed by atoms with Crippen LogP contribution in [0.3, 0.4) is 0 Å². The van der Waals surface area contributed by atoms with Crippen LogP contribution in [0.5, 0.6) is 0 Å². The Kier molecular flexibility index (Phi) is 5.29. The molecule has 1 fully saturated rings. The zero-order chi connectivity index (χ0) is 17.0. The van der Waals surface area contributed by atoms with Crippen molar-refractivity contribution in [3.8, 4) is 0 Å². The highest BCUT2D eigenvalue weighted by atomic mass is 19.1. The topological polar surface area (TPSA) is 55.5 Å². The fourth-order valence-corrected chi connectivity index (χ4v) is 3.62. The van der Waals surface area contributed by atoms with E-state index < -0.39 is 5.54 Å². The second-order valence-electron chi connectivity index (χ2n) is 6.59. The van der Waals surface area contributed by atoms with Crippen molar-refractivity contribution < 1.29 is 14.2 Å². The number of benzene rings is 2. The summed E-state index contributed by atoms with van der Waals surface area (Å²) < 4.78 is 20.2. The predicted octanol–water partition coefficient (Wildman–Crippen LogP) is 3.36. The number of ether oxygens (including phenoxy) is 1. The van der Waals surface area contributed by atoms with E-state index in [0.29, 0.717) is 25.0 Å². The van der Waals surface area contributed by atoms with Crippen LogP contribution in [0.1, 0.15) is 30.4 Å². The number of aliphatic hydroxyl groups excluding tert-OH is 1. The highest BCUT2D eigenvalue weighted by Crippen LogP contribution is 2.41. The van der Waals surface area contributed by atoms with Crippen LogP contribution < -0.4 is 5.73 Å². The Morgan fingerprint density at radius 3 is 2.54 bits per heavy atom. The molecule has 1 aliphatic rings. The molecule has 2 aromatic rings. The largest absolute Gasteiger partial charge is 0.396 e. The average molecular weight is 329 g/mol. The summed E-state index contributed by atoms with van der Waals surface area (Å²) in [5, 5.41) is 9.82. The third-order valence-corrected chi connectivity index (χ3v) is 5.08. The zero-order valence-electron chi connectivity index (χ0n) is 13.7. The molecule has 3 nitrogen and oxygen atoms in total. The minimum absolute atomic E-state index is 0.0332. The van der Waals surface area contributed by atoms with Crippen LogP contribution in [0.15, 0.2) is 54.6 Å². The zero-order valence-corrected chi connectivity index (χ0v) is 13.7. The van der Waals surface area contributed by atoms with Gasteiger partial charge >= 0.3 is 0 Å². The molecule has 3 unspecified atom stereocenters. The maximum absolute atomic E-state index is 14.2. The van der Waals surface area contributed by atoms with Gasteiger partial charge in [-0.1, -0.05) is 48.5 Å². The number of aliphatic hydroxyl groups is 1. The molecule has 0 spiro atoms. The maximum Gasteiger partial charge on any atom is 0.128 e. The Balaban J connectivity index is 1.69. The van der Waals surface area contributed by atoms with E-state index in [1.807, 2.05) is 30.3 Å². The number of hydrogen-bond acceptors (Lipinski definition) is 3. The van der Waals surface area contributed by atoms with Crippen molar-refractivity contribution >= 4 is 0 Å². The summed E-state index contributed by atoms with van der Waals surface area (Å²) in [4.78, 5) is 0. The number of hydrogen-bond donors (Lipinski definition) is 2. The second kappa shape index (κ2) is 7.43. The Morgan fingerprint density at radius 1 is 1.12 bits per heavy atom. The first kappa shape index (κ1) is 17.1. The van der Waals surface area contributed by atoms with Gasteiger partial charge in [-0.3, -0.25) is 0 Å². The van der Waals surface area contributed by atoms with E-state index in [-0.39, 0.29) is 24.4 Å². The summed E-state index contributed by atoms with van der Waals surface area (Å²) in [6.45, 7) is 0.469. The van der Waals surface area contributed by atoms with E-state index in [2.05, 4.69) is 0 Å². The van der Waals surface area contributed by atoms with Gasteiger partial charge in [-0.15, -0.1) is 0 Å². The molecule has 0 saturated heterocycles. The first-order chi connectivity index (χ1) is 11.6. The van der Waals surface area contributed by atoms with Gasteiger partial charge in [-0.25, -0.2) is 4.39 Å². The van der Waals surface area contributed by atoms with Crippen molar-refractivity contribution in [3.05, 3.63) is 71.5 Å². The summed E-state index contributed by atoms with van der Waals surface area (Å²) >= 11 is 0. The summed E-state index contributed by atoms with van der Waals surface area (Å²) in [7, 11) is 0. The number of rotatable bonds is 5. The lowest BCUT2D eigenvalue weighted by Crippen LogP contribution is -2.51. The first-order valence-electron chi connectivity index (χ1n) is 8.44. The van der Waals surface area contributed by atoms with Gasteiger partial charge in [0.1, 0.15) is 5.82 Å². The molecule has 1 aliphatic carbocycles. The molecule has 0 aliphatic heterocycles. The van der Waals surface area contributed by atoms with Gasteiger partial charge in [0, 0.05) is 23.6 Å². The SMILES string of the molecule is NC1(c2ccccc2F)CCC(OCc2ccccc2)CC1CO. The van der Waals surface area contributed by atoms with Crippen LogP contribution in [-0.2, 0) is 16.9 Å². The fourth-order valence-electron chi connectivity index (χ4n) is 3.62. The summed E-state index contributed by atoms with van der Waals surface area (Å²) in [5.41, 5.74) is 7.32. The minimum Gasteiger partial charge on any atom is -0.396 e. The van der Waals surface area contributed by atoms with Gasteiger partial charge in [-0.05, 0) is 30.9 Å². The van der Waals surface area contributed by atoms with Crippen molar-refractivity contribution in [2.75, 3.05) is 6.61 Å². The third kappa shape index (κ3) is 3.51. The molecule has 1 saturated carbocycles. The van der Waals surface area contributed by atoms with Crippen LogP contribution in [0.4, 0.5) is 4.39 Å². The van der Waals surface area contributed by atoms with E-state index in [1.165, 1.54) is 6.07 Å². The minimum atomic E-state index is -0.841. The standard InChI is InChI=1S/C20H24FNO2/c21-19-9-5-4-8-18(19)20(22)11-10-17(12-16(20)13-23)24-14-15-6-2-1-3-7-15/h1-9,16-17,23H,10-14,22H2. The third-order valence-electron chi connectivity index (χ3n) is 5.08. The van der Waals surface area contributed by atoms with E-state index in [4.69, 9.17) is 10.5 Å². The Bertz CT molecular complexity index is 664. The van der Waals surface area contributed by atoms with Crippen LogP contribution in [-0.4, -0.2) is 17.8 Å². The molecule has 3 atom stereocenters. The average Bonchev–Trinajstić information content (AvgIpc) is 2.62. The normalized spacial score (nSPS) is 27.1. The molecular weight excluding hydrogens is 305 g/mol. The van der Waals surface area contributed by atoms with Crippen molar-refractivity contribution in [2.45, 2.75) is 37.5 Å². The van der Waals surface area contributed by atoms with Crippen molar-refractivity contribution in [1.29, 1.82) is 0 Å². The van der Waals surface area contributed by atoms with Gasteiger partial charge in [0.15, 0.2) is 0 Å². The summed E-state index contributed by atoms with van der Waals surface area (Å²) in [5.74, 6) is -0.522. The summed E-state index contributed by atoms with van der Waals surface area (Å²) in [6.07, 6.45) is 2.02. The molecule has 0 heterocycles. The van der Waals surface area contributed by atoms with Crippen LogP contribution in [0.25, 0.3) is 0 Å². The molecule has 0 amide bonds. The monoisotopic (exact) mass is 329 g/mol. The molecule has 128 valence electrons. The molecule has 0 radical (unpaired) electrons. The van der Waals surface area contributed by atoms with Crippen LogP contribution in [0.2, 0.25) is 0 Å². The molecule has 0 aromatic heterocycles. The number of halogens is 1. The highest BCUT2D eigenvalue weighted by molar-refractivity contribution is 5.28. The van der Waals surface area contributed by atoms with E-state index in [0.717, 1.165) is 12.0 Å². The Morgan fingerprint density at radius 2 is 1.83 bits per heavy atom. The molecular formula is C20H24FNO2. The van der Waals surface area contributed by atoms with Crippen molar-refractivity contribution in [2.24, 2.45) is 11.7 Å². The predicted molar refractivity (Wildman–Crippen MR) is 91.7 cm³/mol. The lowest BCUT2D eigenvalue weighted by atomic mass is 9.68. The quantitative estimate of drug-likeness (QED) is 0.884. The molecule has 0 bridgehead atoms. The fraction of sp³-hybridized carbons (Fsp3) is 0.400. The van der Waals surface area contributed by atoms with Crippen molar-refractivity contribution in [3.63, 3.8) is 0 Å². The van der Waals surface area contributed by atoms with Gasteiger partial charge in [0.2, 0.25) is 0 Å². The molecule has 3 N–H and O–H groups in total. The molecule has 2 aromatic carbocycles. The van der Waals surface area contributed by atoms with Gasteiger partial charge in [-0.2, -0.15) is 0 Å². The van der Waals surface area contributed by atoms with E-state index in [1.54, 1.807) is 18.2 Å². The van der Waals surface area contributed by atoms with Crippen molar-refractivity contribution in [1.82, 2.24) is 0 Å². The van der Waals surface area contributed by atoms with Gasteiger partial charge < -0.3 is 15.6 Å². The van der Waals surface area contributed by atoms with Gasteiger partial charge in [0.05, 0.1) is 12.7 Å². The van der Waals surface area contributed by atoms with E-state index in [9.17, 15) is 9.50 Å². The lowest BCUT2D eigenvalue weighted by molar-refractivity contribution is -0.0339. The smallest absolute Gasteiger partial charge is 0.128 e. The Hall–Kier alpha value is -1.75. The van der Waals surface area contributed by atoms with Crippen LogP contribution >= 0.6 is 0 Å². The first-order valence-corrected chi connectivity index (χ1v) is 8.44. The maximum atomic E-state index is 14.2. The molecule has 3 rings (SSSR count). The summed E-state index contributed by atoms with van der Waals surface area (Å²) in [6, 6.07) is 16.6. The molecule has 24 heavy (non-hydrogen) atoms. The highest BCUT2D eigenvalue weighted by Gasteiger charge is 2.43.